The van der Waals surface area contributed by atoms with E-state index in [9.17, 15) is 22.4 Å². The van der Waals surface area contributed by atoms with Gasteiger partial charge in [-0.1, -0.05) is 31.2 Å². The molecule has 10 heteroatoms. The monoisotopic (exact) mass is 541 g/mol. The number of nitrogens with one attached hydrogen (secondary N) is 1. The summed E-state index contributed by atoms with van der Waals surface area (Å²) >= 11 is 3.34. The van der Waals surface area contributed by atoms with E-state index in [0.717, 1.165) is 10.6 Å². The second-order valence-corrected chi connectivity index (χ2v) is 10.7. The summed E-state index contributed by atoms with van der Waals surface area (Å²) in [5, 5.41) is 2.82. The molecule has 0 aliphatic heterocycles. The van der Waals surface area contributed by atoms with Gasteiger partial charge in [-0.25, -0.2) is 12.8 Å². The summed E-state index contributed by atoms with van der Waals surface area (Å²) in [5.74, 6) is -1.31. The number of hydrogen-bond donors (Lipinski definition) is 1. The molecule has 0 radical (unpaired) electrons. The van der Waals surface area contributed by atoms with Crippen molar-refractivity contribution < 1.29 is 22.4 Å². The van der Waals surface area contributed by atoms with Gasteiger partial charge in [-0.3, -0.25) is 13.9 Å². The first kappa shape index (κ1) is 26.8. The second-order valence-electron chi connectivity index (χ2n) is 7.96. The van der Waals surface area contributed by atoms with Gasteiger partial charge < -0.3 is 10.2 Å². The van der Waals surface area contributed by atoms with Crippen LogP contribution in [0, 0.1) is 5.82 Å². The van der Waals surface area contributed by atoms with Crippen molar-refractivity contribution >= 4 is 43.5 Å². The highest BCUT2D eigenvalue weighted by Crippen LogP contribution is 2.28. The first-order valence-corrected chi connectivity index (χ1v) is 13.1. The Morgan fingerprint density at radius 3 is 2.21 bits per heavy atom. The summed E-state index contributed by atoms with van der Waals surface area (Å²) in [5.41, 5.74) is 0.933. The van der Waals surface area contributed by atoms with Gasteiger partial charge in [-0.15, -0.1) is 0 Å². The molecule has 1 atom stereocenters. The van der Waals surface area contributed by atoms with E-state index in [1.807, 2.05) is 13.8 Å². The average Bonchev–Trinajstić information content (AvgIpc) is 2.72. The highest BCUT2D eigenvalue weighted by molar-refractivity contribution is 9.10. The lowest BCUT2D eigenvalue weighted by Gasteiger charge is -2.33. The Labute approximate surface area is 203 Å². The number of amides is 2. The number of carbonyl (C=O) groups is 2. The quantitative estimate of drug-likeness (QED) is 0.497. The van der Waals surface area contributed by atoms with E-state index in [2.05, 4.69) is 21.2 Å². The number of halogens is 2. The zero-order valence-electron chi connectivity index (χ0n) is 19.1. The summed E-state index contributed by atoms with van der Waals surface area (Å²) in [6.45, 7) is 4.94. The number of rotatable bonds is 10. The van der Waals surface area contributed by atoms with Crippen LogP contribution in [0.2, 0.25) is 0 Å². The van der Waals surface area contributed by atoms with Crippen LogP contribution in [-0.4, -0.2) is 50.0 Å². The van der Waals surface area contributed by atoms with Gasteiger partial charge >= 0.3 is 0 Å². The molecule has 0 unspecified atom stereocenters. The summed E-state index contributed by atoms with van der Waals surface area (Å²) < 4.78 is 40.0. The van der Waals surface area contributed by atoms with Gasteiger partial charge in [0, 0.05) is 17.1 Å². The number of para-hydroxylation sites is 1. The molecule has 0 saturated carbocycles. The third kappa shape index (κ3) is 7.53. The second kappa shape index (κ2) is 11.6. The maximum atomic E-state index is 13.5. The molecule has 1 N–H and O–H groups in total. The van der Waals surface area contributed by atoms with E-state index >= 15 is 0 Å². The predicted molar refractivity (Wildman–Crippen MR) is 131 cm³/mol. The minimum Gasteiger partial charge on any atom is -0.352 e. The van der Waals surface area contributed by atoms with Crippen LogP contribution >= 0.6 is 15.9 Å². The van der Waals surface area contributed by atoms with Crippen LogP contribution in [0.1, 0.15) is 32.8 Å². The standard InChI is InChI=1S/C23H29BrFN3O4S/c1-5-20(23(30)26-16(2)3)27(14-17-10-12-18(25)13-11-17)22(29)15-28(33(4,31)32)21-9-7-6-8-19(21)24/h6-13,16,20H,5,14-15H2,1-4H3,(H,26,30)/t20-/m1/s1. The molecular weight excluding hydrogens is 513 g/mol. The van der Waals surface area contributed by atoms with Crippen LogP contribution in [-0.2, 0) is 26.2 Å². The van der Waals surface area contributed by atoms with Gasteiger partial charge in [0.05, 0.1) is 11.9 Å². The van der Waals surface area contributed by atoms with Crippen molar-refractivity contribution in [2.45, 2.75) is 45.8 Å². The van der Waals surface area contributed by atoms with Gasteiger partial charge in [-0.05, 0) is 66.0 Å². The van der Waals surface area contributed by atoms with Gasteiger partial charge in [-0.2, -0.15) is 0 Å². The van der Waals surface area contributed by atoms with Crippen LogP contribution in [0.5, 0.6) is 0 Å². The number of sulfonamides is 1. The first-order chi connectivity index (χ1) is 15.4. The molecule has 2 amide bonds. The van der Waals surface area contributed by atoms with Crippen LogP contribution in [0.3, 0.4) is 0 Å². The Kier molecular flexibility index (Phi) is 9.42. The largest absolute Gasteiger partial charge is 0.352 e. The Morgan fingerprint density at radius 2 is 1.70 bits per heavy atom. The predicted octanol–water partition coefficient (Wildman–Crippen LogP) is 3.69. The molecular formula is C23H29BrFN3O4S. The third-order valence-corrected chi connectivity index (χ3v) is 6.68. The number of carbonyl (C=O) groups excluding carboxylic acids is 2. The fourth-order valence-corrected chi connectivity index (χ4v) is 4.81. The molecule has 180 valence electrons. The number of anilines is 1. The Hall–Kier alpha value is -2.46. The zero-order valence-corrected chi connectivity index (χ0v) is 21.5. The SMILES string of the molecule is CC[C@H](C(=O)NC(C)C)N(Cc1ccc(F)cc1)C(=O)CN(c1ccccc1Br)S(C)(=O)=O. The molecule has 0 fully saturated rings. The van der Waals surface area contributed by atoms with Crippen molar-refractivity contribution in [3.8, 4) is 0 Å². The van der Waals surface area contributed by atoms with Gasteiger partial charge in [0.2, 0.25) is 21.8 Å². The molecule has 33 heavy (non-hydrogen) atoms. The van der Waals surface area contributed by atoms with E-state index in [4.69, 9.17) is 0 Å². The molecule has 7 nitrogen and oxygen atoms in total. The molecule has 2 aromatic carbocycles. The number of benzene rings is 2. The van der Waals surface area contributed by atoms with Gasteiger partial charge in [0.25, 0.3) is 0 Å². The molecule has 2 rings (SSSR count). The van der Waals surface area contributed by atoms with Crippen molar-refractivity contribution in [1.82, 2.24) is 10.2 Å². The Balaban J connectivity index is 2.44. The maximum absolute atomic E-state index is 13.5. The van der Waals surface area contributed by atoms with Crippen LogP contribution < -0.4 is 9.62 Å². The molecule has 0 spiro atoms. The molecule has 0 aliphatic rings. The van der Waals surface area contributed by atoms with E-state index < -0.39 is 34.3 Å². The molecule has 2 aromatic rings. The van der Waals surface area contributed by atoms with Crippen LogP contribution in [0.15, 0.2) is 53.0 Å². The fourth-order valence-electron chi connectivity index (χ4n) is 3.34. The highest BCUT2D eigenvalue weighted by Gasteiger charge is 2.32. The van der Waals surface area contributed by atoms with Crippen LogP contribution in [0.25, 0.3) is 0 Å². The lowest BCUT2D eigenvalue weighted by Crippen LogP contribution is -2.53. The third-order valence-electron chi connectivity index (χ3n) is 4.88. The summed E-state index contributed by atoms with van der Waals surface area (Å²) in [6, 6.07) is 11.3. The van der Waals surface area contributed by atoms with Gasteiger partial charge in [0.1, 0.15) is 18.4 Å². The maximum Gasteiger partial charge on any atom is 0.244 e. The molecule has 0 saturated heterocycles. The Morgan fingerprint density at radius 1 is 1.09 bits per heavy atom. The van der Waals surface area contributed by atoms with Crippen molar-refractivity contribution in [3.63, 3.8) is 0 Å². The molecule has 0 bridgehead atoms. The van der Waals surface area contributed by atoms with Crippen molar-refractivity contribution in [2.24, 2.45) is 0 Å². The number of hydrogen-bond acceptors (Lipinski definition) is 4. The van der Waals surface area contributed by atoms with E-state index in [1.165, 1.54) is 29.2 Å². The first-order valence-electron chi connectivity index (χ1n) is 10.5. The molecule has 0 aliphatic carbocycles. The minimum absolute atomic E-state index is 0.0245. The Bertz CT molecular complexity index is 1080. The molecule has 0 aromatic heterocycles. The average molecular weight is 542 g/mol. The van der Waals surface area contributed by atoms with E-state index in [-0.39, 0.29) is 18.5 Å². The van der Waals surface area contributed by atoms with Gasteiger partial charge in [0.15, 0.2) is 0 Å². The van der Waals surface area contributed by atoms with Crippen LogP contribution in [0.4, 0.5) is 10.1 Å². The van der Waals surface area contributed by atoms with Crippen molar-refractivity contribution in [1.29, 1.82) is 0 Å². The highest BCUT2D eigenvalue weighted by atomic mass is 79.9. The lowest BCUT2D eigenvalue weighted by atomic mass is 10.1. The summed E-state index contributed by atoms with van der Waals surface area (Å²) in [7, 11) is -3.81. The summed E-state index contributed by atoms with van der Waals surface area (Å²) in [6.07, 6.45) is 1.34. The van der Waals surface area contributed by atoms with Crippen molar-refractivity contribution in [2.75, 3.05) is 17.1 Å². The lowest BCUT2D eigenvalue weighted by molar-refractivity contribution is -0.140. The topological polar surface area (TPSA) is 86.8 Å². The van der Waals surface area contributed by atoms with E-state index in [1.54, 1.807) is 31.2 Å². The molecule has 0 heterocycles. The number of nitrogens with zero attached hydrogens (tertiary/aromatic N) is 2. The van der Waals surface area contributed by atoms with E-state index in [0.29, 0.717) is 22.1 Å². The normalized spacial score (nSPS) is 12.3. The fraction of sp³-hybridized carbons (Fsp3) is 0.391. The smallest absolute Gasteiger partial charge is 0.244 e. The summed E-state index contributed by atoms with van der Waals surface area (Å²) in [4.78, 5) is 27.7. The zero-order chi connectivity index (χ0) is 24.8. The minimum atomic E-state index is -3.81. The van der Waals surface area contributed by atoms with Crippen molar-refractivity contribution in [3.05, 3.63) is 64.4 Å².